The summed E-state index contributed by atoms with van der Waals surface area (Å²) in [5, 5.41) is 5.49. The van der Waals surface area contributed by atoms with Crippen molar-refractivity contribution in [3.63, 3.8) is 0 Å². The van der Waals surface area contributed by atoms with E-state index in [1.165, 1.54) is 11.3 Å². The number of piperazine rings is 1. The van der Waals surface area contributed by atoms with Crippen molar-refractivity contribution < 1.29 is 14.4 Å². The molecule has 142 valence electrons. The molecule has 0 aromatic carbocycles. The van der Waals surface area contributed by atoms with E-state index in [0.29, 0.717) is 44.1 Å². The number of amides is 3. The van der Waals surface area contributed by atoms with E-state index >= 15 is 0 Å². The van der Waals surface area contributed by atoms with Gasteiger partial charge in [0.25, 0.3) is 5.91 Å². The fourth-order valence-electron chi connectivity index (χ4n) is 2.61. The third-order valence-electron chi connectivity index (χ3n) is 4.01. The van der Waals surface area contributed by atoms with Gasteiger partial charge in [-0.1, -0.05) is 6.08 Å². The molecule has 0 aliphatic carbocycles. The number of thiophene rings is 1. The molecule has 1 saturated heterocycles. The van der Waals surface area contributed by atoms with Gasteiger partial charge in [0.15, 0.2) is 0 Å². The summed E-state index contributed by atoms with van der Waals surface area (Å²) < 4.78 is 0.870. The lowest BCUT2D eigenvalue weighted by Gasteiger charge is -2.35. The number of rotatable bonds is 7. The maximum Gasteiger partial charge on any atom is 0.262 e. The average molecular weight is 443 g/mol. The molecule has 0 saturated carbocycles. The predicted molar refractivity (Wildman–Crippen MR) is 105 cm³/mol. The number of nitrogens with one attached hydrogen (secondary N) is 2. The molecule has 0 bridgehead atoms. The molecule has 2 N–H and O–H groups in total. The summed E-state index contributed by atoms with van der Waals surface area (Å²) >= 11 is 4.65. The number of halogens is 1. The lowest BCUT2D eigenvalue weighted by molar-refractivity contribution is -0.134. The van der Waals surface area contributed by atoms with Gasteiger partial charge in [0, 0.05) is 32.7 Å². The van der Waals surface area contributed by atoms with Crippen molar-refractivity contribution in [2.75, 3.05) is 39.3 Å². The molecule has 1 atom stereocenters. The lowest BCUT2D eigenvalue weighted by atomic mass is 10.2. The Morgan fingerprint density at radius 3 is 2.58 bits per heavy atom. The second-order valence-corrected chi connectivity index (χ2v) is 8.46. The first-order chi connectivity index (χ1) is 12.4. The minimum absolute atomic E-state index is 0.0487. The molecule has 3 amide bonds. The largest absolute Gasteiger partial charge is 0.352 e. The zero-order valence-electron chi connectivity index (χ0n) is 14.7. The zero-order chi connectivity index (χ0) is 19.1. The summed E-state index contributed by atoms with van der Waals surface area (Å²) in [4.78, 5) is 40.7. The topological polar surface area (TPSA) is 81.8 Å². The number of nitrogens with zero attached hydrogens (tertiary/aromatic N) is 2. The fourth-order valence-corrected chi connectivity index (χ4v) is 3.90. The Morgan fingerprint density at radius 1 is 1.31 bits per heavy atom. The summed E-state index contributed by atoms with van der Waals surface area (Å²) in [6, 6.07) is 2.93. The normalized spacial score (nSPS) is 16.0. The maximum absolute atomic E-state index is 12.5. The molecular formula is C17H23BrN4O3S. The Morgan fingerprint density at radius 2 is 2.00 bits per heavy atom. The van der Waals surface area contributed by atoms with Gasteiger partial charge in [-0.25, -0.2) is 0 Å². The molecule has 0 spiro atoms. The van der Waals surface area contributed by atoms with Gasteiger partial charge >= 0.3 is 0 Å². The van der Waals surface area contributed by atoms with Crippen LogP contribution >= 0.6 is 27.3 Å². The van der Waals surface area contributed by atoms with E-state index in [4.69, 9.17) is 0 Å². The minimum Gasteiger partial charge on any atom is -0.352 e. The quantitative estimate of drug-likeness (QED) is 0.618. The van der Waals surface area contributed by atoms with Crippen LogP contribution in [-0.2, 0) is 9.59 Å². The smallest absolute Gasteiger partial charge is 0.262 e. The van der Waals surface area contributed by atoms with Gasteiger partial charge in [0.05, 0.1) is 15.2 Å². The van der Waals surface area contributed by atoms with Gasteiger partial charge in [0.2, 0.25) is 11.8 Å². The van der Waals surface area contributed by atoms with Crippen molar-refractivity contribution in [3.05, 3.63) is 33.5 Å². The lowest BCUT2D eigenvalue weighted by Crippen LogP contribution is -2.55. The van der Waals surface area contributed by atoms with Crippen LogP contribution in [0.3, 0.4) is 0 Å². The Hall–Kier alpha value is -1.71. The summed E-state index contributed by atoms with van der Waals surface area (Å²) in [6.07, 6.45) is 1.64. The van der Waals surface area contributed by atoms with E-state index in [2.05, 4.69) is 33.1 Å². The molecule has 9 heteroatoms. The highest BCUT2D eigenvalue weighted by Crippen LogP contribution is 2.22. The minimum atomic E-state index is -0.592. The predicted octanol–water partition coefficient (Wildman–Crippen LogP) is 1.08. The third kappa shape index (κ3) is 5.93. The second-order valence-electron chi connectivity index (χ2n) is 5.99. The van der Waals surface area contributed by atoms with Gasteiger partial charge in [-0.3, -0.25) is 19.3 Å². The van der Waals surface area contributed by atoms with Crippen molar-refractivity contribution in [2.24, 2.45) is 0 Å². The number of carbonyl (C=O) groups excluding carboxylic acids is 3. The molecule has 2 rings (SSSR count). The number of hydrogen-bond acceptors (Lipinski definition) is 5. The Kier molecular flexibility index (Phi) is 7.80. The van der Waals surface area contributed by atoms with Crippen molar-refractivity contribution in [3.8, 4) is 0 Å². The van der Waals surface area contributed by atoms with Crippen LogP contribution in [-0.4, -0.2) is 72.8 Å². The summed E-state index contributed by atoms with van der Waals surface area (Å²) in [5.41, 5.74) is 0. The van der Waals surface area contributed by atoms with Gasteiger partial charge in [-0.2, -0.15) is 0 Å². The molecule has 7 nitrogen and oxygen atoms in total. The molecule has 1 aromatic heterocycles. The van der Waals surface area contributed by atoms with E-state index in [-0.39, 0.29) is 17.7 Å². The summed E-state index contributed by atoms with van der Waals surface area (Å²) in [6.45, 7) is 8.36. The van der Waals surface area contributed by atoms with E-state index < -0.39 is 6.04 Å². The first kappa shape index (κ1) is 20.6. The molecule has 1 aliphatic rings. The van der Waals surface area contributed by atoms with Gasteiger partial charge in [-0.15, -0.1) is 17.9 Å². The molecule has 2 heterocycles. The van der Waals surface area contributed by atoms with Gasteiger partial charge < -0.3 is 15.5 Å². The Labute approximate surface area is 165 Å². The van der Waals surface area contributed by atoms with Crippen LogP contribution in [0.5, 0.6) is 0 Å². The summed E-state index contributed by atoms with van der Waals surface area (Å²) in [5.74, 6) is -0.406. The molecule has 1 aliphatic heterocycles. The van der Waals surface area contributed by atoms with Crippen molar-refractivity contribution in [2.45, 2.75) is 13.0 Å². The van der Waals surface area contributed by atoms with E-state index in [0.717, 1.165) is 3.79 Å². The molecule has 1 fully saturated rings. The Balaban J connectivity index is 1.77. The zero-order valence-corrected chi connectivity index (χ0v) is 17.1. The highest BCUT2D eigenvalue weighted by Gasteiger charge is 2.27. The Bertz CT molecular complexity index is 671. The molecule has 26 heavy (non-hydrogen) atoms. The highest BCUT2D eigenvalue weighted by molar-refractivity contribution is 9.11. The average Bonchev–Trinajstić information content (AvgIpc) is 3.06. The van der Waals surface area contributed by atoms with E-state index in [1.807, 2.05) is 4.90 Å². The molecule has 1 aromatic rings. The van der Waals surface area contributed by atoms with Crippen LogP contribution in [0.1, 0.15) is 16.6 Å². The van der Waals surface area contributed by atoms with Crippen LogP contribution in [0, 0.1) is 0 Å². The third-order valence-corrected chi connectivity index (χ3v) is 5.63. The van der Waals surface area contributed by atoms with Crippen LogP contribution in [0.4, 0.5) is 0 Å². The SMILES string of the molecule is C=CCNC(=O)CN1CCN(C(=O)C(C)NC(=O)c2ccc(Br)s2)CC1. The second kappa shape index (κ2) is 9.84. The highest BCUT2D eigenvalue weighted by atomic mass is 79.9. The number of carbonyl (C=O) groups is 3. The molecular weight excluding hydrogens is 420 g/mol. The first-order valence-electron chi connectivity index (χ1n) is 8.35. The van der Waals surface area contributed by atoms with Crippen molar-refractivity contribution >= 4 is 45.0 Å². The maximum atomic E-state index is 12.5. The van der Waals surface area contributed by atoms with Gasteiger partial charge in [0.1, 0.15) is 6.04 Å². The van der Waals surface area contributed by atoms with Crippen LogP contribution < -0.4 is 10.6 Å². The number of hydrogen-bond donors (Lipinski definition) is 2. The van der Waals surface area contributed by atoms with Crippen molar-refractivity contribution in [1.82, 2.24) is 20.4 Å². The summed E-state index contributed by atoms with van der Waals surface area (Å²) in [7, 11) is 0. The van der Waals surface area contributed by atoms with Crippen molar-refractivity contribution in [1.29, 1.82) is 0 Å². The molecule has 1 unspecified atom stereocenters. The van der Waals surface area contributed by atoms with E-state index in [1.54, 1.807) is 30.0 Å². The van der Waals surface area contributed by atoms with Gasteiger partial charge in [-0.05, 0) is 35.0 Å². The van der Waals surface area contributed by atoms with Crippen LogP contribution in [0.25, 0.3) is 0 Å². The first-order valence-corrected chi connectivity index (χ1v) is 9.96. The molecule has 0 radical (unpaired) electrons. The standard InChI is InChI=1S/C17H23BrN4O3S/c1-3-6-19-15(23)11-21-7-9-22(10-8-21)17(25)12(2)20-16(24)13-4-5-14(18)26-13/h3-5,12H,1,6-11H2,2H3,(H,19,23)(H,20,24). The monoisotopic (exact) mass is 442 g/mol. The van der Waals surface area contributed by atoms with Crippen LogP contribution in [0.2, 0.25) is 0 Å². The van der Waals surface area contributed by atoms with E-state index in [9.17, 15) is 14.4 Å². The fraction of sp³-hybridized carbons (Fsp3) is 0.471. The van der Waals surface area contributed by atoms with Crippen LogP contribution in [0.15, 0.2) is 28.6 Å².